The molecule has 1 heterocycles. The van der Waals surface area contributed by atoms with Gasteiger partial charge in [0.15, 0.2) is 0 Å². The molecule has 0 bridgehead atoms. The van der Waals surface area contributed by atoms with E-state index < -0.39 is 29.9 Å². The standard InChI is InChI=1S/C27H32N4O6S2/c1-5-30(6-2)18-9-12-21-24(15-18)37-25-16-19(31(7-3)8-4)10-13-22(25)27(21)23-14-11-20(38(32,33)29-28)17-26(23)39(34,35)36/h9-17,29H,5-8,28H2,1-4H3/p+1. The maximum absolute atomic E-state index is 12.6. The Morgan fingerprint density at radius 3 is 2.15 bits per heavy atom. The molecule has 1 aliphatic heterocycles. The molecule has 0 amide bonds. The van der Waals surface area contributed by atoms with Crippen LogP contribution in [0.3, 0.4) is 0 Å². The monoisotopic (exact) mass is 573 g/mol. The van der Waals surface area contributed by atoms with E-state index in [1.807, 2.05) is 36.4 Å². The van der Waals surface area contributed by atoms with Gasteiger partial charge in [0, 0.05) is 53.0 Å². The molecule has 4 N–H and O–H groups in total. The molecule has 2 aliphatic rings. The zero-order valence-corrected chi connectivity index (χ0v) is 23.9. The van der Waals surface area contributed by atoms with Crippen molar-refractivity contribution in [1.29, 1.82) is 0 Å². The van der Waals surface area contributed by atoms with Crippen molar-refractivity contribution in [1.82, 2.24) is 9.41 Å². The fourth-order valence-electron chi connectivity index (χ4n) is 4.89. The van der Waals surface area contributed by atoms with Crippen molar-refractivity contribution in [3.8, 4) is 22.5 Å². The highest BCUT2D eigenvalue weighted by Gasteiger charge is 2.27. The average Bonchev–Trinajstić information content (AvgIpc) is 2.92. The summed E-state index contributed by atoms with van der Waals surface area (Å²) in [7, 11) is -9.03. The van der Waals surface area contributed by atoms with E-state index in [1.54, 1.807) is 4.83 Å². The first-order chi connectivity index (χ1) is 18.5. The maximum atomic E-state index is 12.6. The second kappa shape index (κ2) is 11.1. The number of nitrogens with two attached hydrogens (primary N) is 1. The fraction of sp³-hybridized carbons (Fsp3) is 0.296. The van der Waals surface area contributed by atoms with Gasteiger partial charge in [-0.15, -0.1) is 0 Å². The Balaban J connectivity index is 2.18. The second-order valence-corrected chi connectivity index (χ2v) is 12.0. The van der Waals surface area contributed by atoms with Crippen LogP contribution in [0.25, 0.3) is 33.4 Å². The molecule has 0 unspecified atom stereocenters. The summed E-state index contributed by atoms with van der Waals surface area (Å²) >= 11 is 0. The maximum Gasteiger partial charge on any atom is 0.295 e. The van der Waals surface area contributed by atoms with Gasteiger partial charge in [-0.25, -0.2) is 13.0 Å². The van der Waals surface area contributed by atoms with Crippen LogP contribution in [-0.2, 0) is 20.1 Å². The van der Waals surface area contributed by atoms with Crippen molar-refractivity contribution in [2.75, 3.05) is 31.1 Å². The molecule has 208 valence electrons. The molecule has 2 aromatic rings. The van der Waals surface area contributed by atoms with Crippen molar-refractivity contribution >= 4 is 36.8 Å². The number of fused-ring (bicyclic) bond motifs is 2. The molecular weight excluding hydrogens is 540 g/mol. The minimum Gasteiger partial charge on any atom is -0.456 e. The number of anilines is 1. The van der Waals surface area contributed by atoms with Gasteiger partial charge in [-0.2, -0.15) is 13.2 Å². The van der Waals surface area contributed by atoms with Gasteiger partial charge in [-0.05, 0) is 58.0 Å². The Morgan fingerprint density at radius 2 is 1.56 bits per heavy atom. The lowest BCUT2D eigenvalue weighted by molar-refractivity contribution is 0.483. The Bertz CT molecular complexity index is 1790. The number of hydrogen-bond acceptors (Lipinski definition) is 7. The predicted octanol–water partition coefficient (Wildman–Crippen LogP) is 3.26. The first-order valence-electron chi connectivity index (χ1n) is 12.7. The molecule has 0 atom stereocenters. The molecule has 2 aromatic carbocycles. The van der Waals surface area contributed by atoms with Crippen molar-refractivity contribution in [3.63, 3.8) is 0 Å². The van der Waals surface area contributed by atoms with E-state index in [9.17, 15) is 21.4 Å². The lowest BCUT2D eigenvalue weighted by Gasteiger charge is -2.22. The van der Waals surface area contributed by atoms with Crippen LogP contribution in [0.4, 0.5) is 5.69 Å². The Morgan fingerprint density at radius 1 is 0.897 bits per heavy atom. The number of hydrazine groups is 1. The van der Waals surface area contributed by atoms with Crippen LogP contribution >= 0.6 is 0 Å². The normalized spacial score (nSPS) is 12.3. The Labute approximate surface area is 228 Å². The Hall–Kier alpha value is -3.29. The SMILES string of the molecule is CCN(CC)c1ccc2c(-c3ccc(S(=O)(=O)NN)cc3S(=O)(=O)O)c3ccc(=[N+](CC)CC)cc-3oc2c1. The fourth-order valence-corrected chi connectivity index (χ4v) is 6.34. The largest absolute Gasteiger partial charge is 0.456 e. The zero-order valence-electron chi connectivity index (χ0n) is 22.3. The molecule has 12 heteroatoms. The molecule has 1 aliphatic carbocycles. The van der Waals surface area contributed by atoms with Crippen LogP contribution in [0.2, 0.25) is 0 Å². The van der Waals surface area contributed by atoms with Crippen molar-refractivity contribution in [2.45, 2.75) is 37.5 Å². The summed E-state index contributed by atoms with van der Waals surface area (Å²) < 4.78 is 68.6. The highest BCUT2D eigenvalue weighted by Crippen LogP contribution is 2.43. The summed E-state index contributed by atoms with van der Waals surface area (Å²) in [6.07, 6.45) is 0. The van der Waals surface area contributed by atoms with Gasteiger partial charge in [0.2, 0.25) is 5.36 Å². The van der Waals surface area contributed by atoms with Gasteiger partial charge >= 0.3 is 0 Å². The molecule has 0 spiro atoms. The van der Waals surface area contributed by atoms with Crippen LogP contribution < -0.4 is 25.5 Å². The van der Waals surface area contributed by atoms with Gasteiger partial charge < -0.3 is 9.32 Å². The summed E-state index contributed by atoms with van der Waals surface area (Å²) in [6, 6.07) is 14.9. The molecule has 0 aromatic heterocycles. The van der Waals surface area contributed by atoms with Crippen molar-refractivity contribution < 1.29 is 25.8 Å². The molecule has 0 fully saturated rings. The molecule has 39 heavy (non-hydrogen) atoms. The number of nitrogens with one attached hydrogen (secondary N) is 1. The van der Waals surface area contributed by atoms with Crippen LogP contribution in [0, 0.1) is 0 Å². The van der Waals surface area contributed by atoms with Gasteiger partial charge in [0.25, 0.3) is 20.1 Å². The molecule has 0 radical (unpaired) electrons. The highest BCUT2D eigenvalue weighted by molar-refractivity contribution is 7.89. The molecule has 0 saturated heterocycles. The van der Waals surface area contributed by atoms with E-state index in [2.05, 4.69) is 37.2 Å². The zero-order chi connectivity index (χ0) is 28.5. The predicted molar refractivity (Wildman–Crippen MR) is 153 cm³/mol. The summed E-state index contributed by atoms with van der Waals surface area (Å²) in [4.78, 5) is 2.88. The number of benzene rings is 3. The number of sulfonamides is 1. The number of rotatable bonds is 9. The third kappa shape index (κ3) is 5.43. The van der Waals surface area contributed by atoms with Gasteiger partial charge in [0.05, 0.1) is 11.0 Å². The van der Waals surface area contributed by atoms with E-state index >= 15 is 0 Å². The van der Waals surface area contributed by atoms with E-state index in [1.165, 1.54) is 12.1 Å². The third-order valence-electron chi connectivity index (χ3n) is 6.91. The van der Waals surface area contributed by atoms with Crippen LogP contribution in [0.15, 0.2) is 68.8 Å². The van der Waals surface area contributed by atoms with Crippen LogP contribution in [0.1, 0.15) is 27.7 Å². The summed E-state index contributed by atoms with van der Waals surface area (Å²) in [5, 5.41) is 1.54. The van der Waals surface area contributed by atoms with E-state index in [0.29, 0.717) is 27.9 Å². The smallest absolute Gasteiger partial charge is 0.295 e. The average molecular weight is 574 g/mol. The summed E-state index contributed by atoms with van der Waals surface area (Å²) in [6.45, 7) is 11.3. The number of hydrogen-bond donors (Lipinski definition) is 3. The number of nitrogens with zero attached hydrogens (tertiary/aromatic N) is 2. The van der Waals surface area contributed by atoms with E-state index in [0.717, 1.165) is 43.3 Å². The minimum atomic E-state index is -4.85. The summed E-state index contributed by atoms with van der Waals surface area (Å²) in [5.41, 5.74) is 2.67. The first-order valence-corrected chi connectivity index (χ1v) is 15.6. The quantitative estimate of drug-likeness (QED) is 0.0909. The highest BCUT2D eigenvalue weighted by atomic mass is 32.2. The Kier molecular flexibility index (Phi) is 8.14. The first kappa shape index (κ1) is 28.7. The van der Waals surface area contributed by atoms with E-state index in [4.69, 9.17) is 10.3 Å². The molecule has 10 nitrogen and oxygen atoms in total. The second-order valence-electron chi connectivity index (χ2n) is 8.94. The van der Waals surface area contributed by atoms with E-state index in [-0.39, 0.29) is 5.56 Å². The van der Waals surface area contributed by atoms with Gasteiger partial charge in [-0.3, -0.25) is 10.4 Å². The molecular formula is C27H33N4O6S2+. The van der Waals surface area contributed by atoms with Gasteiger partial charge in [0.1, 0.15) is 29.3 Å². The third-order valence-corrected chi connectivity index (χ3v) is 8.99. The molecule has 4 rings (SSSR count). The van der Waals surface area contributed by atoms with Crippen LogP contribution in [0.5, 0.6) is 0 Å². The van der Waals surface area contributed by atoms with Gasteiger partial charge in [-0.1, -0.05) is 6.07 Å². The minimum absolute atomic E-state index is 0.130. The topological polar surface area (TPSA) is 146 Å². The summed E-state index contributed by atoms with van der Waals surface area (Å²) in [5.74, 6) is 5.66. The molecule has 0 saturated carbocycles. The lowest BCUT2D eigenvalue weighted by atomic mass is 9.93. The lowest BCUT2D eigenvalue weighted by Crippen LogP contribution is -2.30. The van der Waals surface area contributed by atoms with Crippen molar-refractivity contribution in [3.05, 3.63) is 60.0 Å². The van der Waals surface area contributed by atoms with Crippen LogP contribution in [-0.4, -0.2) is 47.6 Å². The van der Waals surface area contributed by atoms with Crippen molar-refractivity contribution in [2.24, 2.45) is 5.84 Å².